The highest BCUT2D eigenvalue weighted by Gasteiger charge is 2.41. The van der Waals surface area contributed by atoms with Crippen molar-refractivity contribution in [3.8, 4) is 5.69 Å². The number of aromatic nitrogens is 1. The summed E-state index contributed by atoms with van der Waals surface area (Å²) in [6.07, 6.45) is 0. The van der Waals surface area contributed by atoms with Crippen molar-refractivity contribution in [2.45, 2.75) is 0 Å². The Morgan fingerprint density at radius 3 is 1.57 bits per heavy atom. The Bertz CT molecular complexity index is 3130. The van der Waals surface area contributed by atoms with Crippen molar-refractivity contribution in [3.63, 3.8) is 0 Å². The molecule has 2 aromatic heterocycles. The number of nitrogens with zero attached hydrogens (tertiary/aromatic N) is 2. The number of rotatable bonds is 8. The van der Waals surface area contributed by atoms with Crippen molar-refractivity contribution in [2.75, 3.05) is 4.90 Å². The number of benzene rings is 9. The maximum atomic E-state index is 2.51. The highest BCUT2D eigenvalue weighted by molar-refractivity contribution is 7.25. The summed E-state index contributed by atoms with van der Waals surface area (Å²) in [4.78, 5) is 2.51. The molecule has 0 aliphatic rings. The molecule has 0 atom stereocenters. The lowest BCUT2D eigenvalue weighted by Crippen LogP contribution is -2.74. The predicted molar refractivity (Wildman–Crippen MR) is 252 cm³/mol. The Balaban J connectivity index is 1.23. The molecule has 0 saturated carbocycles. The van der Waals surface area contributed by atoms with Gasteiger partial charge in [-0.2, -0.15) is 0 Å². The number of fused-ring (bicyclic) bond motifs is 6. The van der Waals surface area contributed by atoms with Crippen LogP contribution in [-0.2, 0) is 0 Å². The molecule has 0 aliphatic heterocycles. The molecule has 0 N–H and O–H groups in total. The van der Waals surface area contributed by atoms with E-state index >= 15 is 0 Å². The smallest absolute Gasteiger partial charge is 0.179 e. The molecule has 11 aromatic rings. The second-order valence-corrected chi connectivity index (χ2v) is 19.8. The first-order valence-corrected chi connectivity index (χ1v) is 22.7. The molecule has 0 unspecified atom stereocenters. The Kier molecular flexibility index (Phi) is 8.39. The van der Waals surface area contributed by atoms with Gasteiger partial charge in [0, 0.05) is 48.0 Å². The molecule has 2 heterocycles. The molecular formula is C54H38N2SSi. The summed E-state index contributed by atoms with van der Waals surface area (Å²) in [7, 11) is -2.81. The summed E-state index contributed by atoms with van der Waals surface area (Å²) in [5, 5.41) is 10.4. The minimum Gasteiger partial charge on any atom is -0.310 e. The van der Waals surface area contributed by atoms with Crippen molar-refractivity contribution in [3.05, 3.63) is 231 Å². The molecule has 274 valence electrons. The lowest BCUT2D eigenvalue weighted by Gasteiger charge is -2.35. The van der Waals surface area contributed by atoms with Gasteiger partial charge in [0.05, 0.1) is 16.7 Å². The lowest BCUT2D eigenvalue weighted by molar-refractivity contribution is 1.18. The molecule has 11 rings (SSSR count). The third kappa shape index (κ3) is 5.45. The van der Waals surface area contributed by atoms with Crippen molar-refractivity contribution >= 4 is 99.2 Å². The third-order valence-electron chi connectivity index (χ3n) is 11.7. The standard InChI is InChI=1S/C54H38N2SSi/c1-5-19-39(20-6-1)56-49-31-15-13-30-47(49)54-50(32-18-33-51(54)56)55(41-35-36-53-48(38-41)46-29-14-16-34-52(46)57-53)40-21-17-28-45(37-40)58(42-22-7-2-8-23-42,43-24-9-3-10-25-43)44-26-11-4-12-27-44/h1-38H. The van der Waals surface area contributed by atoms with E-state index in [-0.39, 0.29) is 0 Å². The maximum Gasteiger partial charge on any atom is 0.179 e. The average Bonchev–Trinajstić information content (AvgIpc) is 3.84. The van der Waals surface area contributed by atoms with Crippen LogP contribution in [0.3, 0.4) is 0 Å². The zero-order chi connectivity index (χ0) is 38.5. The fourth-order valence-electron chi connectivity index (χ4n) is 9.27. The van der Waals surface area contributed by atoms with Gasteiger partial charge in [0.1, 0.15) is 0 Å². The quantitative estimate of drug-likeness (QED) is 0.110. The third-order valence-corrected chi connectivity index (χ3v) is 17.6. The van der Waals surface area contributed by atoms with Crippen molar-refractivity contribution in [1.29, 1.82) is 0 Å². The van der Waals surface area contributed by atoms with Gasteiger partial charge >= 0.3 is 0 Å². The van der Waals surface area contributed by atoms with Gasteiger partial charge in [-0.25, -0.2) is 0 Å². The average molecular weight is 775 g/mol. The van der Waals surface area contributed by atoms with E-state index in [0.717, 1.165) is 22.7 Å². The Hall–Kier alpha value is -6.98. The molecule has 9 aromatic carbocycles. The fourth-order valence-corrected chi connectivity index (χ4v) is 15.1. The molecule has 0 fully saturated rings. The Morgan fingerprint density at radius 2 is 0.879 bits per heavy atom. The minimum atomic E-state index is -2.81. The molecule has 0 bridgehead atoms. The molecule has 0 saturated heterocycles. The van der Waals surface area contributed by atoms with Crippen LogP contribution in [0.1, 0.15) is 0 Å². The van der Waals surface area contributed by atoms with Crippen LogP contribution in [0.4, 0.5) is 17.1 Å². The van der Waals surface area contributed by atoms with E-state index in [0.29, 0.717) is 0 Å². The normalized spacial score (nSPS) is 11.8. The van der Waals surface area contributed by atoms with E-state index in [9.17, 15) is 0 Å². The van der Waals surface area contributed by atoms with Gasteiger partial charge in [-0.05, 0) is 87.5 Å². The molecule has 0 radical (unpaired) electrons. The van der Waals surface area contributed by atoms with E-state index in [4.69, 9.17) is 0 Å². The van der Waals surface area contributed by atoms with Gasteiger partial charge in [0.25, 0.3) is 0 Å². The number of anilines is 3. The monoisotopic (exact) mass is 774 g/mol. The minimum absolute atomic E-state index is 1.13. The summed E-state index contributed by atoms with van der Waals surface area (Å²) >= 11 is 1.86. The fraction of sp³-hybridized carbons (Fsp3) is 0. The van der Waals surface area contributed by atoms with Gasteiger partial charge in [0.2, 0.25) is 0 Å². The van der Waals surface area contributed by atoms with Crippen molar-refractivity contribution in [1.82, 2.24) is 4.57 Å². The van der Waals surface area contributed by atoms with Crippen LogP contribution in [0.25, 0.3) is 47.7 Å². The van der Waals surface area contributed by atoms with Gasteiger partial charge in [-0.15, -0.1) is 11.3 Å². The summed E-state index contributed by atoms with van der Waals surface area (Å²) in [6, 6.07) is 85.3. The van der Waals surface area contributed by atoms with Gasteiger partial charge in [-0.1, -0.05) is 164 Å². The van der Waals surface area contributed by atoms with Crippen LogP contribution in [-0.4, -0.2) is 12.6 Å². The van der Waals surface area contributed by atoms with E-state index < -0.39 is 8.07 Å². The SMILES string of the molecule is c1ccc(-n2c3ccccc3c3c(N(c4cccc([Si](c5ccccc5)(c5ccccc5)c5ccccc5)c4)c4ccc5sc6ccccc6c5c4)cccc32)cc1. The van der Waals surface area contributed by atoms with E-state index in [1.807, 2.05) is 11.3 Å². The van der Waals surface area contributed by atoms with E-state index in [1.54, 1.807) is 0 Å². The first kappa shape index (κ1) is 34.3. The maximum absolute atomic E-state index is 2.81. The summed E-state index contributed by atoms with van der Waals surface area (Å²) < 4.78 is 5.01. The second kappa shape index (κ2) is 14.2. The topological polar surface area (TPSA) is 8.17 Å². The summed E-state index contributed by atoms with van der Waals surface area (Å²) in [5.41, 5.74) is 6.91. The van der Waals surface area contributed by atoms with Crippen LogP contribution in [0.2, 0.25) is 0 Å². The van der Waals surface area contributed by atoms with Crippen LogP contribution in [0, 0.1) is 0 Å². The number of thiophene rings is 1. The Labute approximate surface area is 343 Å². The number of hydrogen-bond acceptors (Lipinski definition) is 2. The van der Waals surface area contributed by atoms with Crippen LogP contribution in [0.15, 0.2) is 231 Å². The number of hydrogen-bond donors (Lipinski definition) is 0. The Morgan fingerprint density at radius 1 is 0.362 bits per heavy atom. The summed E-state index contributed by atoms with van der Waals surface area (Å²) in [5.74, 6) is 0. The molecule has 0 aliphatic carbocycles. The van der Waals surface area contributed by atoms with Gasteiger partial charge in [-0.3, -0.25) is 0 Å². The van der Waals surface area contributed by atoms with E-state index in [1.165, 1.54) is 62.7 Å². The molecule has 58 heavy (non-hydrogen) atoms. The first-order chi connectivity index (χ1) is 28.8. The summed E-state index contributed by atoms with van der Waals surface area (Å²) in [6.45, 7) is 0. The zero-order valence-electron chi connectivity index (χ0n) is 31.7. The molecule has 0 amide bonds. The van der Waals surface area contributed by atoms with Crippen LogP contribution >= 0.6 is 11.3 Å². The molecular weight excluding hydrogens is 737 g/mol. The van der Waals surface area contributed by atoms with Gasteiger partial charge in [0.15, 0.2) is 8.07 Å². The second-order valence-electron chi connectivity index (χ2n) is 14.9. The number of para-hydroxylation sites is 2. The van der Waals surface area contributed by atoms with Gasteiger partial charge < -0.3 is 9.47 Å². The molecule has 4 heteroatoms. The largest absolute Gasteiger partial charge is 0.310 e. The highest BCUT2D eigenvalue weighted by atomic mass is 32.1. The van der Waals surface area contributed by atoms with Crippen molar-refractivity contribution in [2.24, 2.45) is 0 Å². The van der Waals surface area contributed by atoms with Crippen LogP contribution < -0.4 is 25.6 Å². The first-order valence-electron chi connectivity index (χ1n) is 19.9. The lowest BCUT2D eigenvalue weighted by atomic mass is 10.1. The highest BCUT2D eigenvalue weighted by Crippen LogP contribution is 2.45. The molecule has 0 spiro atoms. The van der Waals surface area contributed by atoms with Crippen LogP contribution in [0.5, 0.6) is 0 Å². The predicted octanol–water partition coefficient (Wildman–Crippen LogP) is 12.0. The molecule has 2 nitrogen and oxygen atoms in total. The van der Waals surface area contributed by atoms with Crippen molar-refractivity contribution < 1.29 is 0 Å². The van der Waals surface area contributed by atoms with E-state index in [2.05, 4.69) is 240 Å². The zero-order valence-corrected chi connectivity index (χ0v) is 33.6.